The van der Waals surface area contributed by atoms with Crippen molar-refractivity contribution in [1.82, 2.24) is 0 Å². The van der Waals surface area contributed by atoms with E-state index in [0.717, 1.165) is 5.92 Å². The molecule has 0 atom stereocenters. The Bertz CT molecular complexity index is 35.3. The van der Waals surface area contributed by atoms with Crippen molar-refractivity contribution in [3.8, 4) is 0 Å². The first-order valence-corrected chi connectivity index (χ1v) is 6.26. The highest BCUT2D eigenvalue weighted by Crippen LogP contribution is 1.93. The van der Waals surface area contributed by atoms with Gasteiger partial charge in [-0.15, -0.1) is 6.58 Å². The number of hydrogen-bond acceptors (Lipinski definition) is 0. The highest BCUT2D eigenvalue weighted by molar-refractivity contribution is 4.51. The van der Waals surface area contributed by atoms with Gasteiger partial charge in [0.2, 0.25) is 0 Å². The molecular weight excluding hydrogens is 180 g/mol. The van der Waals surface area contributed by atoms with Gasteiger partial charge in [-0.3, -0.25) is 0 Å². The first-order chi connectivity index (χ1) is 6.68. The summed E-state index contributed by atoms with van der Waals surface area (Å²) in [7, 11) is 0. The summed E-state index contributed by atoms with van der Waals surface area (Å²) >= 11 is 0. The Morgan fingerprint density at radius 2 is 1.00 bits per heavy atom. The molecule has 0 aliphatic carbocycles. The molecule has 0 unspecified atom stereocenters. The quantitative estimate of drug-likeness (QED) is 0.419. The van der Waals surface area contributed by atoms with E-state index in [1.807, 2.05) is 48.5 Å². The van der Waals surface area contributed by atoms with Crippen LogP contribution in [0, 0.1) is 5.92 Å². The standard InChI is InChI=1S/C5H12.C3H6.3C2H6.CH4/c1-4-5(2)3;1-3-2;3*1-2;/h5H,4H2,1-3H3;3H,1H2,2H3;3*1-2H3;1H4. The van der Waals surface area contributed by atoms with E-state index in [-0.39, 0.29) is 7.43 Å². The molecule has 0 spiro atoms. The molecule has 0 aromatic carbocycles. The van der Waals surface area contributed by atoms with E-state index >= 15 is 0 Å². The zero-order valence-electron chi connectivity index (χ0n) is 12.6. The maximum atomic E-state index is 3.36. The van der Waals surface area contributed by atoms with E-state index in [0.29, 0.717) is 0 Å². The summed E-state index contributed by atoms with van der Waals surface area (Å²) in [6.45, 7) is 23.9. The van der Waals surface area contributed by atoms with Gasteiger partial charge in [-0.05, 0) is 12.8 Å². The second kappa shape index (κ2) is 99.3. The van der Waals surface area contributed by atoms with Crippen LogP contribution in [0.5, 0.6) is 0 Å². The highest BCUT2D eigenvalue weighted by atomic mass is 13.9. The topological polar surface area (TPSA) is 0 Å². The first kappa shape index (κ1) is 36.4. The highest BCUT2D eigenvalue weighted by Gasteiger charge is 1.80. The molecule has 0 aromatic heterocycles. The number of allylic oxidation sites excluding steroid dienone is 1. The van der Waals surface area contributed by atoms with Crippen molar-refractivity contribution in [2.24, 2.45) is 5.92 Å². The molecule has 100 valence electrons. The lowest BCUT2D eigenvalue weighted by Gasteiger charge is -1.90. The Labute approximate surface area is 102 Å². The minimum Gasteiger partial charge on any atom is -0.103 e. The van der Waals surface area contributed by atoms with Crippen LogP contribution in [0.3, 0.4) is 0 Å². The summed E-state index contributed by atoms with van der Waals surface area (Å²) in [5.41, 5.74) is 0. The molecule has 0 saturated carbocycles. The SMILES string of the molecule is C.C=CC.CC.CC.CC.CCC(C)C. The molecule has 0 nitrogen and oxygen atoms in total. The molecule has 0 rings (SSSR count). The molecule has 0 N–H and O–H groups in total. The summed E-state index contributed by atoms with van der Waals surface area (Å²) < 4.78 is 0. The monoisotopic (exact) mass is 220 g/mol. The van der Waals surface area contributed by atoms with Gasteiger partial charge in [0.25, 0.3) is 0 Å². The lowest BCUT2D eigenvalue weighted by atomic mass is 10.2. The second-order valence-corrected chi connectivity index (χ2v) is 2.21. The van der Waals surface area contributed by atoms with Crippen LogP contribution in [0.25, 0.3) is 0 Å². The van der Waals surface area contributed by atoms with Gasteiger partial charge in [-0.1, -0.05) is 82.2 Å². The fraction of sp³-hybridized carbons (Fsp3) is 0.867. The molecule has 0 aliphatic rings. The zero-order chi connectivity index (χ0) is 13.0. The predicted octanol–water partition coefficient (Wildman–Crippen LogP) is 6.96. The minimum atomic E-state index is 0. The van der Waals surface area contributed by atoms with E-state index in [1.165, 1.54) is 6.42 Å². The van der Waals surface area contributed by atoms with E-state index in [2.05, 4.69) is 27.4 Å². The third-order valence-corrected chi connectivity index (χ3v) is 0.816. The van der Waals surface area contributed by atoms with Crippen LogP contribution in [0.2, 0.25) is 0 Å². The molecule has 0 bridgehead atoms. The van der Waals surface area contributed by atoms with Gasteiger partial charge >= 0.3 is 0 Å². The molecule has 0 amide bonds. The summed E-state index contributed by atoms with van der Waals surface area (Å²) in [5.74, 6) is 0.884. The van der Waals surface area contributed by atoms with Crippen LogP contribution in [0.4, 0.5) is 0 Å². The lowest BCUT2D eigenvalue weighted by molar-refractivity contribution is 0.626. The average Bonchev–Trinajstić information content (AvgIpc) is 2.27. The second-order valence-electron chi connectivity index (χ2n) is 2.21. The molecule has 0 heterocycles. The Kier molecular flexibility index (Phi) is 241. The smallest absolute Gasteiger partial charge is 0.0473 e. The number of rotatable bonds is 1. The molecular formula is C15H40. The van der Waals surface area contributed by atoms with Crippen LogP contribution >= 0.6 is 0 Å². The Morgan fingerprint density at radius 3 is 1.00 bits per heavy atom. The van der Waals surface area contributed by atoms with Crippen LogP contribution in [-0.4, -0.2) is 0 Å². The van der Waals surface area contributed by atoms with Gasteiger partial charge in [0.15, 0.2) is 0 Å². The maximum absolute atomic E-state index is 3.36. The lowest BCUT2D eigenvalue weighted by Crippen LogP contribution is -1.77. The fourth-order valence-electron chi connectivity index (χ4n) is 0. The van der Waals surface area contributed by atoms with Crippen molar-refractivity contribution in [1.29, 1.82) is 0 Å². The van der Waals surface area contributed by atoms with E-state index in [9.17, 15) is 0 Å². The fourth-order valence-corrected chi connectivity index (χ4v) is 0. The molecule has 0 saturated heterocycles. The normalized spacial score (nSPS) is 5.27. The summed E-state index contributed by atoms with van der Waals surface area (Å²) in [4.78, 5) is 0. The third kappa shape index (κ3) is 625. The first-order valence-electron chi connectivity index (χ1n) is 6.26. The largest absolute Gasteiger partial charge is 0.103 e. The summed E-state index contributed by atoms with van der Waals surface area (Å²) in [6, 6.07) is 0. The molecule has 0 radical (unpaired) electrons. The predicted molar refractivity (Wildman–Crippen MR) is 81.8 cm³/mol. The molecule has 0 fully saturated rings. The van der Waals surface area contributed by atoms with Crippen molar-refractivity contribution in [2.45, 2.75) is 83.1 Å². The van der Waals surface area contributed by atoms with E-state index in [4.69, 9.17) is 0 Å². The molecule has 15 heavy (non-hydrogen) atoms. The summed E-state index contributed by atoms with van der Waals surface area (Å²) in [5, 5.41) is 0. The summed E-state index contributed by atoms with van der Waals surface area (Å²) in [6.07, 6.45) is 3.06. The molecule has 0 aliphatic heterocycles. The number of hydrogen-bond donors (Lipinski definition) is 0. The molecule has 0 aromatic rings. The van der Waals surface area contributed by atoms with Crippen molar-refractivity contribution in [3.05, 3.63) is 12.7 Å². The Hall–Kier alpha value is -0.260. The average molecular weight is 220 g/mol. The van der Waals surface area contributed by atoms with Crippen LogP contribution in [0.15, 0.2) is 12.7 Å². The Morgan fingerprint density at radius 1 is 0.933 bits per heavy atom. The van der Waals surface area contributed by atoms with Gasteiger partial charge in [-0.2, -0.15) is 0 Å². The van der Waals surface area contributed by atoms with E-state index in [1.54, 1.807) is 6.08 Å². The van der Waals surface area contributed by atoms with E-state index < -0.39 is 0 Å². The van der Waals surface area contributed by atoms with Gasteiger partial charge in [0.05, 0.1) is 0 Å². The van der Waals surface area contributed by atoms with Gasteiger partial charge in [0, 0.05) is 0 Å². The minimum absolute atomic E-state index is 0. The van der Waals surface area contributed by atoms with Gasteiger partial charge in [0.1, 0.15) is 0 Å². The van der Waals surface area contributed by atoms with Crippen molar-refractivity contribution < 1.29 is 0 Å². The van der Waals surface area contributed by atoms with Gasteiger partial charge < -0.3 is 0 Å². The van der Waals surface area contributed by atoms with Gasteiger partial charge in [-0.25, -0.2) is 0 Å². The van der Waals surface area contributed by atoms with Crippen molar-refractivity contribution in [3.63, 3.8) is 0 Å². The van der Waals surface area contributed by atoms with Crippen molar-refractivity contribution >= 4 is 0 Å². The van der Waals surface area contributed by atoms with Crippen molar-refractivity contribution in [2.75, 3.05) is 0 Å². The van der Waals surface area contributed by atoms with Crippen LogP contribution in [0.1, 0.15) is 83.1 Å². The maximum Gasteiger partial charge on any atom is -0.0473 e. The zero-order valence-corrected chi connectivity index (χ0v) is 12.6. The van der Waals surface area contributed by atoms with Crippen LogP contribution < -0.4 is 0 Å². The molecule has 0 heteroatoms. The van der Waals surface area contributed by atoms with Crippen LogP contribution in [-0.2, 0) is 0 Å². The third-order valence-electron chi connectivity index (χ3n) is 0.816. The Balaban J connectivity index is -0.0000000179.